The molecule has 148 valence electrons. The number of aryl methyl sites for hydroxylation is 2. The Kier molecular flexibility index (Phi) is 5.94. The number of aliphatic hydroxyl groups excluding tert-OH is 1. The summed E-state index contributed by atoms with van der Waals surface area (Å²) in [6, 6.07) is 20.0. The summed E-state index contributed by atoms with van der Waals surface area (Å²) in [6.45, 7) is 2.19. The lowest BCUT2D eigenvalue weighted by atomic mass is 9.98. The Morgan fingerprint density at radius 3 is 2.66 bits per heavy atom. The Hall–Kier alpha value is -3.08. The molecular formula is C22H24N6O. The average Bonchev–Trinajstić information content (AvgIpc) is 3.23. The summed E-state index contributed by atoms with van der Waals surface area (Å²) in [6.07, 6.45) is 2.02. The van der Waals surface area contributed by atoms with Crippen LogP contribution in [0.2, 0.25) is 0 Å². The molecule has 0 bridgehead atoms. The predicted molar refractivity (Wildman–Crippen MR) is 108 cm³/mol. The zero-order valence-corrected chi connectivity index (χ0v) is 16.2. The second-order valence-electron chi connectivity index (χ2n) is 7.40. The van der Waals surface area contributed by atoms with E-state index in [1.54, 1.807) is 6.07 Å². The quantitative estimate of drug-likeness (QED) is 0.697. The first-order valence-corrected chi connectivity index (χ1v) is 9.97. The van der Waals surface area contributed by atoms with E-state index >= 15 is 0 Å². The number of aliphatic hydroxyl groups is 1. The van der Waals surface area contributed by atoms with Crippen molar-refractivity contribution in [2.45, 2.75) is 38.0 Å². The van der Waals surface area contributed by atoms with Crippen molar-refractivity contribution >= 4 is 0 Å². The van der Waals surface area contributed by atoms with Gasteiger partial charge in [-0.15, -0.1) is 5.10 Å². The molecule has 7 heteroatoms. The Bertz CT molecular complexity index is 972. The molecule has 1 aromatic heterocycles. The molecule has 0 aliphatic carbocycles. The molecule has 1 aliphatic heterocycles. The van der Waals surface area contributed by atoms with Gasteiger partial charge in [-0.05, 0) is 52.9 Å². The van der Waals surface area contributed by atoms with Gasteiger partial charge < -0.3 is 5.11 Å². The van der Waals surface area contributed by atoms with E-state index in [2.05, 4.69) is 38.6 Å². The molecule has 2 aromatic carbocycles. The van der Waals surface area contributed by atoms with Crippen LogP contribution in [0.15, 0.2) is 54.6 Å². The first-order valence-electron chi connectivity index (χ1n) is 9.97. The molecule has 1 atom stereocenters. The van der Waals surface area contributed by atoms with Crippen LogP contribution in [0.1, 0.15) is 41.4 Å². The van der Waals surface area contributed by atoms with Gasteiger partial charge in [0.1, 0.15) is 0 Å². The van der Waals surface area contributed by atoms with Gasteiger partial charge in [-0.2, -0.15) is 5.26 Å². The first kappa shape index (κ1) is 19.2. The highest BCUT2D eigenvalue weighted by atomic mass is 16.3. The van der Waals surface area contributed by atoms with Gasteiger partial charge in [0.05, 0.1) is 23.8 Å². The summed E-state index contributed by atoms with van der Waals surface area (Å²) in [5, 5.41) is 31.9. The van der Waals surface area contributed by atoms with E-state index in [1.165, 1.54) is 5.56 Å². The molecule has 4 rings (SSSR count). The van der Waals surface area contributed by atoms with Crippen LogP contribution in [0.3, 0.4) is 0 Å². The maximum atomic E-state index is 9.94. The number of aromatic nitrogens is 4. The van der Waals surface area contributed by atoms with Crippen molar-refractivity contribution in [3.05, 3.63) is 77.1 Å². The van der Waals surface area contributed by atoms with Crippen LogP contribution in [0.4, 0.5) is 0 Å². The van der Waals surface area contributed by atoms with Crippen LogP contribution in [0, 0.1) is 11.3 Å². The minimum absolute atomic E-state index is 0.151. The highest BCUT2D eigenvalue weighted by Crippen LogP contribution is 2.30. The number of hydrogen-bond donors (Lipinski definition) is 1. The van der Waals surface area contributed by atoms with Crippen LogP contribution >= 0.6 is 0 Å². The molecule has 3 aromatic rings. The molecule has 1 N–H and O–H groups in total. The molecule has 0 unspecified atom stereocenters. The lowest BCUT2D eigenvalue weighted by Gasteiger charge is -2.35. The molecule has 0 saturated carbocycles. The lowest BCUT2D eigenvalue weighted by molar-refractivity contribution is 0.0661. The van der Waals surface area contributed by atoms with Gasteiger partial charge >= 0.3 is 0 Å². The third kappa shape index (κ3) is 4.50. The Balaban J connectivity index is 1.64. The fourth-order valence-corrected chi connectivity index (χ4v) is 3.89. The standard InChI is InChI=1S/C22H24N6O/c23-16-18-7-4-8-19(15-18)21(27-12-10-20(29)11-13-27)22-24-25-26-28(22)14-9-17-5-2-1-3-6-17/h1-8,15,20-21,29H,9-14H2/t21-/m1/s1. The molecule has 1 fully saturated rings. The van der Waals surface area contributed by atoms with Crippen LogP contribution < -0.4 is 0 Å². The molecule has 0 spiro atoms. The second kappa shape index (κ2) is 8.95. The predicted octanol–water partition coefficient (Wildman–Crippen LogP) is 2.33. The van der Waals surface area contributed by atoms with Crippen LogP contribution in [-0.2, 0) is 13.0 Å². The molecule has 1 aliphatic rings. The van der Waals surface area contributed by atoms with Gasteiger partial charge in [0.15, 0.2) is 5.82 Å². The van der Waals surface area contributed by atoms with Crippen LogP contribution in [0.25, 0.3) is 0 Å². The fourth-order valence-electron chi connectivity index (χ4n) is 3.89. The molecule has 1 saturated heterocycles. The summed E-state index contributed by atoms with van der Waals surface area (Å²) in [5.41, 5.74) is 2.85. The van der Waals surface area contributed by atoms with E-state index < -0.39 is 0 Å². The van der Waals surface area contributed by atoms with Crippen molar-refractivity contribution < 1.29 is 5.11 Å². The van der Waals surface area contributed by atoms with Gasteiger partial charge in [-0.25, -0.2) is 4.68 Å². The summed E-state index contributed by atoms with van der Waals surface area (Å²) < 4.78 is 1.86. The Morgan fingerprint density at radius 2 is 1.90 bits per heavy atom. The van der Waals surface area contributed by atoms with Crippen LogP contribution in [0.5, 0.6) is 0 Å². The van der Waals surface area contributed by atoms with Gasteiger partial charge in [0.2, 0.25) is 0 Å². The van der Waals surface area contributed by atoms with Crippen molar-refractivity contribution in [3.63, 3.8) is 0 Å². The van der Waals surface area contributed by atoms with E-state index in [9.17, 15) is 10.4 Å². The number of likely N-dealkylation sites (tertiary alicyclic amines) is 1. The number of rotatable bonds is 6. The Labute approximate surface area is 170 Å². The summed E-state index contributed by atoms with van der Waals surface area (Å²) in [4.78, 5) is 2.30. The normalized spacial score (nSPS) is 16.4. The Morgan fingerprint density at radius 1 is 1.10 bits per heavy atom. The monoisotopic (exact) mass is 388 g/mol. The first-order chi connectivity index (χ1) is 14.2. The van der Waals surface area contributed by atoms with E-state index in [0.29, 0.717) is 12.1 Å². The molecule has 0 amide bonds. The minimum Gasteiger partial charge on any atom is -0.393 e. The van der Waals surface area contributed by atoms with Gasteiger partial charge in [0.25, 0.3) is 0 Å². The van der Waals surface area contributed by atoms with Crippen molar-refractivity contribution in [2.75, 3.05) is 13.1 Å². The summed E-state index contributed by atoms with van der Waals surface area (Å²) in [7, 11) is 0. The molecule has 0 radical (unpaired) electrons. The summed E-state index contributed by atoms with van der Waals surface area (Å²) in [5.74, 6) is 0.771. The van der Waals surface area contributed by atoms with Gasteiger partial charge in [-0.1, -0.05) is 42.5 Å². The van der Waals surface area contributed by atoms with Gasteiger partial charge in [-0.3, -0.25) is 4.90 Å². The number of benzene rings is 2. The number of nitriles is 1. The smallest absolute Gasteiger partial charge is 0.173 e. The van der Waals surface area contributed by atoms with Gasteiger partial charge in [0, 0.05) is 19.6 Å². The largest absolute Gasteiger partial charge is 0.393 e. The van der Waals surface area contributed by atoms with Crippen molar-refractivity contribution in [1.29, 1.82) is 5.26 Å². The zero-order valence-electron chi connectivity index (χ0n) is 16.2. The third-order valence-electron chi connectivity index (χ3n) is 5.45. The molecular weight excluding hydrogens is 364 g/mol. The molecule has 2 heterocycles. The summed E-state index contributed by atoms with van der Waals surface area (Å²) >= 11 is 0. The van der Waals surface area contributed by atoms with Crippen molar-refractivity contribution in [2.24, 2.45) is 0 Å². The van der Waals surface area contributed by atoms with Crippen LogP contribution in [-0.4, -0.2) is 49.4 Å². The SMILES string of the molecule is N#Cc1cccc([C@H](c2nnnn2CCc2ccccc2)N2CCC(O)CC2)c1. The van der Waals surface area contributed by atoms with Crippen molar-refractivity contribution in [1.82, 2.24) is 25.1 Å². The van der Waals surface area contributed by atoms with Crippen molar-refractivity contribution in [3.8, 4) is 6.07 Å². The topological polar surface area (TPSA) is 90.9 Å². The number of nitrogens with zero attached hydrogens (tertiary/aromatic N) is 6. The maximum absolute atomic E-state index is 9.94. The highest BCUT2D eigenvalue weighted by Gasteiger charge is 2.30. The van der Waals surface area contributed by atoms with E-state index in [4.69, 9.17) is 0 Å². The second-order valence-corrected chi connectivity index (χ2v) is 7.40. The lowest BCUT2D eigenvalue weighted by Crippen LogP contribution is -2.40. The minimum atomic E-state index is -0.258. The zero-order chi connectivity index (χ0) is 20.1. The maximum Gasteiger partial charge on any atom is 0.173 e. The van der Waals surface area contributed by atoms with E-state index in [1.807, 2.05) is 41.1 Å². The fraction of sp³-hybridized carbons (Fsp3) is 0.364. The van der Waals surface area contributed by atoms with E-state index in [-0.39, 0.29) is 12.1 Å². The number of hydrogen-bond acceptors (Lipinski definition) is 6. The number of piperidine rings is 1. The molecule has 7 nitrogen and oxygen atoms in total. The third-order valence-corrected chi connectivity index (χ3v) is 5.45. The highest BCUT2D eigenvalue weighted by molar-refractivity contribution is 5.36. The average molecular weight is 388 g/mol. The molecule has 29 heavy (non-hydrogen) atoms. The number of tetrazole rings is 1. The van der Waals surface area contributed by atoms with E-state index in [0.717, 1.165) is 43.7 Å².